The van der Waals surface area contributed by atoms with Crippen molar-refractivity contribution in [3.8, 4) is 67.5 Å². The number of phenols is 1. The van der Waals surface area contributed by atoms with Crippen LogP contribution in [-0.2, 0) is 42.7 Å². The monoisotopic (exact) mass is 1080 g/mol. The van der Waals surface area contributed by atoms with Gasteiger partial charge in [-0.2, -0.15) is 0 Å². The molecule has 5 heteroatoms. The molecule has 0 saturated heterocycles. The minimum atomic E-state index is -4.33. The summed E-state index contributed by atoms with van der Waals surface area (Å²) < 4.78 is 246. The molecule has 8 rings (SSSR count). The predicted octanol–water partition coefficient (Wildman–Crippen LogP) is 16.6. The number of hydrogen-bond acceptors (Lipinski definition) is 3. The summed E-state index contributed by atoms with van der Waals surface area (Å²) in [5.41, 5.74) is -14.0. The normalized spacial score (nSPS) is 20.6. The van der Waals surface area contributed by atoms with Crippen LogP contribution in [0.2, 0.25) is 0 Å². The van der Waals surface area contributed by atoms with Crippen LogP contribution in [0.1, 0.15) is 168 Å². The van der Waals surface area contributed by atoms with Gasteiger partial charge in [-0.25, -0.2) is 4.98 Å². The number of para-hydroxylation sites is 1. The first-order chi connectivity index (χ1) is 42.0. The Morgan fingerprint density at radius 2 is 1.24 bits per heavy atom. The van der Waals surface area contributed by atoms with E-state index in [1.54, 1.807) is 44.3 Å². The fraction of sp³-hybridized carbons (Fsp3) is 0.311. The molecule has 1 N–H and O–H groups in total. The van der Waals surface area contributed by atoms with E-state index < -0.39 is 123 Å². The molecule has 342 valence electrons. The Kier molecular flexibility index (Phi) is 6.50. The molecule has 66 heavy (non-hydrogen) atoms. The van der Waals surface area contributed by atoms with Crippen molar-refractivity contribution in [1.29, 1.82) is 0 Å². The Labute approximate surface area is 448 Å². The molecule has 0 fully saturated rings. The smallest absolute Gasteiger partial charge is 0.148 e. The summed E-state index contributed by atoms with van der Waals surface area (Å²) in [6.45, 7) is -27.7. The van der Waals surface area contributed by atoms with E-state index in [9.17, 15) is 5.11 Å². The van der Waals surface area contributed by atoms with Crippen LogP contribution in [-0.4, -0.2) is 19.6 Å². The summed E-state index contributed by atoms with van der Waals surface area (Å²) in [5.74, 6) is -3.23. The largest absolute Gasteiger partial charge is 0.507 e. The molecule has 0 unspecified atom stereocenters. The number of phenolic OH excluding ortho intramolecular Hbond substituents is 1. The van der Waals surface area contributed by atoms with Gasteiger partial charge in [0.25, 0.3) is 0 Å². The number of benzene rings is 6. The third-order valence-corrected chi connectivity index (χ3v) is 11.5. The van der Waals surface area contributed by atoms with E-state index in [1.165, 1.54) is 36.4 Å². The first kappa shape index (κ1) is 23.9. The van der Waals surface area contributed by atoms with Crippen LogP contribution in [0.3, 0.4) is 0 Å². The van der Waals surface area contributed by atoms with E-state index in [0.717, 1.165) is 39.5 Å². The SMILES string of the molecule is [2H]C(C)(C)c1ccc(-c2ccnc(-c3[c-]c(-c4cccc5c4nc(-c4cc(C(C([2H])([2H])[2H])(C([2H])([2H])[2H])C([2H])([2H])[2H])cc(C(C([2H])([2H])[2H])(C([2H])([2H])[2H])C([2H])([2H])[2H])c4O)n5-c4ccc(C(C([2H])([2H])[2H])(C([2H])([2H])[2H])C([2H])([2H])[2H])cc4-c4ccccc4)cc(C(C)(C)C)c3)c2)cc1.[Pt]. The molecule has 0 atom stereocenters. The van der Waals surface area contributed by atoms with Crippen molar-refractivity contribution in [3.63, 3.8) is 0 Å². The molecule has 0 aliphatic carbocycles. The molecule has 0 amide bonds. The van der Waals surface area contributed by atoms with Crippen molar-refractivity contribution >= 4 is 11.0 Å². The Morgan fingerprint density at radius 3 is 1.91 bits per heavy atom. The van der Waals surface area contributed by atoms with Gasteiger partial charge < -0.3 is 5.11 Å². The fourth-order valence-corrected chi connectivity index (χ4v) is 7.90. The molecular weight excluding hydrogens is 986 g/mol. The fourth-order valence-electron chi connectivity index (χ4n) is 7.90. The number of nitrogens with zero attached hydrogens (tertiary/aromatic N) is 3. The maximum absolute atomic E-state index is 13.2. The van der Waals surface area contributed by atoms with Gasteiger partial charge in [0, 0.05) is 82.5 Å². The minimum Gasteiger partial charge on any atom is -0.507 e. The van der Waals surface area contributed by atoms with Crippen LogP contribution in [0, 0.1) is 6.07 Å². The molecule has 4 nitrogen and oxygen atoms in total. The van der Waals surface area contributed by atoms with Gasteiger partial charge in [0.1, 0.15) is 11.6 Å². The second kappa shape index (κ2) is 17.9. The maximum Gasteiger partial charge on any atom is 0.148 e. The second-order valence-electron chi connectivity index (χ2n) is 17.7. The second-order valence-corrected chi connectivity index (χ2v) is 17.7. The van der Waals surface area contributed by atoms with E-state index in [0.29, 0.717) is 22.9 Å². The van der Waals surface area contributed by atoms with Crippen molar-refractivity contribution in [2.24, 2.45) is 0 Å². The molecular formula is C61H66N3OPt-. The number of pyridine rings is 1. The van der Waals surface area contributed by atoms with Crippen molar-refractivity contribution in [2.45, 2.75) is 124 Å². The zero-order valence-corrected chi connectivity index (χ0v) is 39.1. The molecule has 0 radical (unpaired) electrons. The van der Waals surface area contributed by atoms with Gasteiger partial charge in [-0.05, 0) is 91.3 Å². The molecule has 6 aromatic carbocycles. The topological polar surface area (TPSA) is 50.9 Å². The molecule has 0 saturated carbocycles. The van der Waals surface area contributed by atoms with E-state index in [4.69, 9.17) is 48.3 Å². The Balaban J connectivity index is 0.0000125. The third kappa shape index (κ3) is 9.63. The molecule has 0 bridgehead atoms. The molecule has 8 aromatic rings. The van der Waals surface area contributed by atoms with Gasteiger partial charge in [0.2, 0.25) is 0 Å². The van der Waals surface area contributed by atoms with E-state index >= 15 is 0 Å². The van der Waals surface area contributed by atoms with Crippen LogP contribution >= 0.6 is 0 Å². The third-order valence-electron chi connectivity index (χ3n) is 11.5. The maximum atomic E-state index is 13.2. The number of aromatic nitrogens is 3. The van der Waals surface area contributed by atoms with Crippen molar-refractivity contribution in [1.82, 2.24) is 14.5 Å². The summed E-state index contributed by atoms with van der Waals surface area (Å²) in [5, 5.41) is 13.2. The quantitative estimate of drug-likeness (QED) is 0.162. The predicted molar refractivity (Wildman–Crippen MR) is 275 cm³/mol. The van der Waals surface area contributed by atoms with Crippen LogP contribution in [0.15, 0.2) is 134 Å². The number of hydrogen-bond donors (Lipinski definition) is 1. The molecule has 0 spiro atoms. The number of fused-ring (bicyclic) bond motifs is 1. The van der Waals surface area contributed by atoms with Gasteiger partial charge in [0.15, 0.2) is 0 Å². The summed E-state index contributed by atoms with van der Waals surface area (Å²) in [4.78, 5) is 9.78. The molecule has 2 aromatic heterocycles. The average Bonchev–Trinajstić information content (AvgIpc) is 0.924. The Morgan fingerprint density at radius 1 is 0.591 bits per heavy atom. The Bertz CT molecular complexity index is 4000. The molecule has 0 aliphatic heterocycles. The van der Waals surface area contributed by atoms with E-state index in [1.807, 2.05) is 57.2 Å². The van der Waals surface area contributed by atoms with Crippen molar-refractivity contribution in [3.05, 3.63) is 167 Å². The minimum absolute atomic E-state index is 0. The first-order valence-electron chi connectivity index (χ1n) is 34.8. The number of aromatic hydroxyl groups is 1. The van der Waals surface area contributed by atoms with E-state index in [-0.39, 0.29) is 66.1 Å². The standard InChI is InChI=1S/C61H66N3O.Pt/c1-38(2)39-23-25-40(26-24-39)42-29-30-62-52(34-42)44-31-43(32-46(33-44)59(6,7)8)48-21-18-22-54-55(48)63-57(50-36-47(60(9,10)11)37-51(56(50)65)61(12,13)14)64(54)53-28-27-45(58(3,4)5)35-49(53)41-19-16-15-17-20-41;/h15-30,32-38,65H,1-14H3;/q-1;/i3D3,4D3,5D3,9D3,10D3,11D3,12D3,13D3,14D3,38D;. The van der Waals surface area contributed by atoms with Gasteiger partial charge in [-0.1, -0.05) is 192 Å². The van der Waals surface area contributed by atoms with E-state index in [2.05, 4.69) is 6.07 Å². The van der Waals surface area contributed by atoms with Crippen LogP contribution in [0.4, 0.5) is 0 Å². The van der Waals surface area contributed by atoms with Gasteiger partial charge in [-0.15, -0.1) is 29.3 Å². The molecule has 0 aliphatic rings. The molecule has 2 heterocycles. The first-order valence-corrected chi connectivity index (χ1v) is 20.8. The van der Waals surface area contributed by atoms with Gasteiger partial charge in [-0.3, -0.25) is 9.55 Å². The van der Waals surface area contributed by atoms with Crippen LogP contribution in [0.5, 0.6) is 5.75 Å². The van der Waals surface area contributed by atoms with Gasteiger partial charge in [0.05, 0.1) is 22.3 Å². The zero-order chi connectivity index (χ0) is 70.2. The van der Waals surface area contributed by atoms with Crippen LogP contribution in [0.25, 0.3) is 72.7 Å². The summed E-state index contributed by atoms with van der Waals surface area (Å²) in [7, 11) is 0. The summed E-state index contributed by atoms with van der Waals surface area (Å²) in [6, 6.07) is 33.9. The summed E-state index contributed by atoms with van der Waals surface area (Å²) >= 11 is 0. The number of rotatable bonds is 7. The van der Waals surface area contributed by atoms with Crippen LogP contribution < -0.4 is 0 Å². The van der Waals surface area contributed by atoms with Gasteiger partial charge >= 0.3 is 0 Å². The Hall–Kier alpha value is -5.57. The van der Waals surface area contributed by atoms with Crippen molar-refractivity contribution < 1.29 is 64.6 Å². The zero-order valence-electron chi connectivity index (χ0n) is 64.8. The average molecular weight is 1080 g/mol. The number of imidazole rings is 1. The summed E-state index contributed by atoms with van der Waals surface area (Å²) in [6.07, 6.45) is 1.60. The van der Waals surface area contributed by atoms with Crippen molar-refractivity contribution in [2.75, 3.05) is 0 Å².